The first kappa shape index (κ1) is 15.1. The van der Waals surface area contributed by atoms with Gasteiger partial charge in [-0.05, 0) is 43.0 Å². The number of aryl methyl sites for hydroxylation is 3. The first-order chi connectivity index (χ1) is 8.60. The molecule has 0 radical (unpaired) electrons. The van der Waals surface area contributed by atoms with Crippen molar-refractivity contribution < 1.29 is 9.47 Å². The molecule has 0 aliphatic rings. The van der Waals surface area contributed by atoms with Crippen LogP contribution < -0.4 is 11.3 Å². The maximum atomic E-state index is 5.62. The molecule has 1 atom stereocenters. The number of nitrogens with two attached hydrogens (primary N) is 1. The molecule has 0 amide bonds. The van der Waals surface area contributed by atoms with E-state index in [0.717, 1.165) is 0 Å². The Bertz CT molecular complexity index is 380. The van der Waals surface area contributed by atoms with Gasteiger partial charge in [-0.1, -0.05) is 12.1 Å². The van der Waals surface area contributed by atoms with E-state index in [1.807, 2.05) is 0 Å². The number of methoxy groups -OCH3 is 1. The van der Waals surface area contributed by atoms with Crippen LogP contribution in [0.3, 0.4) is 0 Å². The van der Waals surface area contributed by atoms with Crippen LogP contribution in [-0.2, 0) is 9.47 Å². The van der Waals surface area contributed by atoms with Gasteiger partial charge in [-0.2, -0.15) is 0 Å². The van der Waals surface area contributed by atoms with Gasteiger partial charge in [0.15, 0.2) is 0 Å². The molecule has 3 N–H and O–H groups in total. The largest absolute Gasteiger partial charge is 0.382 e. The van der Waals surface area contributed by atoms with Crippen LogP contribution in [0.1, 0.15) is 28.3 Å². The Morgan fingerprint density at radius 3 is 2.39 bits per heavy atom. The van der Waals surface area contributed by atoms with E-state index in [4.69, 9.17) is 15.3 Å². The van der Waals surface area contributed by atoms with E-state index >= 15 is 0 Å². The summed E-state index contributed by atoms with van der Waals surface area (Å²) >= 11 is 0. The van der Waals surface area contributed by atoms with E-state index in [-0.39, 0.29) is 6.04 Å². The molecule has 0 saturated heterocycles. The lowest BCUT2D eigenvalue weighted by atomic mass is 9.96. The molecule has 1 unspecified atom stereocenters. The average Bonchev–Trinajstić information content (AvgIpc) is 2.35. The van der Waals surface area contributed by atoms with Gasteiger partial charge in [0.05, 0.1) is 25.9 Å². The zero-order valence-corrected chi connectivity index (χ0v) is 11.7. The predicted molar refractivity (Wildman–Crippen MR) is 73.4 cm³/mol. The van der Waals surface area contributed by atoms with Crippen molar-refractivity contribution in [1.29, 1.82) is 0 Å². The van der Waals surface area contributed by atoms with Gasteiger partial charge >= 0.3 is 0 Å². The minimum atomic E-state index is 0.0150. The first-order valence-electron chi connectivity index (χ1n) is 6.20. The summed E-state index contributed by atoms with van der Waals surface area (Å²) in [4.78, 5) is 0. The summed E-state index contributed by atoms with van der Waals surface area (Å²) < 4.78 is 10.5. The van der Waals surface area contributed by atoms with Crippen LogP contribution in [-0.4, -0.2) is 26.9 Å². The lowest BCUT2D eigenvalue weighted by molar-refractivity contribution is 0.0585. The lowest BCUT2D eigenvalue weighted by Gasteiger charge is -2.20. The van der Waals surface area contributed by atoms with Crippen molar-refractivity contribution in [3.63, 3.8) is 0 Å². The van der Waals surface area contributed by atoms with Gasteiger partial charge in [-0.15, -0.1) is 0 Å². The third kappa shape index (κ3) is 4.07. The Morgan fingerprint density at radius 1 is 1.11 bits per heavy atom. The van der Waals surface area contributed by atoms with Crippen molar-refractivity contribution in [2.75, 3.05) is 26.9 Å². The average molecular weight is 252 g/mol. The Hall–Kier alpha value is -0.940. The molecule has 0 aromatic heterocycles. The summed E-state index contributed by atoms with van der Waals surface area (Å²) in [5.74, 6) is 5.62. The second kappa shape index (κ2) is 7.48. The molecule has 0 heterocycles. The Kier molecular flexibility index (Phi) is 6.29. The van der Waals surface area contributed by atoms with E-state index in [0.29, 0.717) is 19.8 Å². The molecule has 1 rings (SSSR count). The number of benzene rings is 1. The van der Waals surface area contributed by atoms with Crippen LogP contribution >= 0.6 is 0 Å². The van der Waals surface area contributed by atoms with Crippen LogP contribution in [0.4, 0.5) is 0 Å². The molecule has 1 aromatic rings. The van der Waals surface area contributed by atoms with Crippen molar-refractivity contribution in [2.45, 2.75) is 26.8 Å². The Morgan fingerprint density at radius 2 is 1.78 bits per heavy atom. The summed E-state index contributed by atoms with van der Waals surface area (Å²) in [5, 5.41) is 0. The minimum Gasteiger partial charge on any atom is -0.382 e. The van der Waals surface area contributed by atoms with Crippen LogP contribution in [0.5, 0.6) is 0 Å². The van der Waals surface area contributed by atoms with Gasteiger partial charge in [-0.3, -0.25) is 11.3 Å². The predicted octanol–water partition coefficient (Wildman–Crippen LogP) is 1.78. The first-order valence-corrected chi connectivity index (χ1v) is 6.20. The maximum Gasteiger partial charge on any atom is 0.0701 e. The number of hydrogen-bond acceptors (Lipinski definition) is 4. The number of nitrogens with one attached hydrogen (secondary N) is 1. The highest BCUT2D eigenvalue weighted by Crippen LogP contribution is 2.21. The zero-order chi connectivity index (χ0) is 13.5. The topological polar surface area (TPSA) is 56.5 Å². The number of hydrogen-bond donors (Lipinski definition) is 2. The number of rotatable bonds is 7. The fraction of sp³-hybridized carbons (Fsp3) is 0.571. The second-order valence-corrected chi connectivity index (χ2v) is 4.58. The van der Waals surface area contributed by atoms with Crippen molar-refractivity contribution in [3.05, 3.63) is 34.4 Å². The van der Waals surface area contributed by atoms with Crippen molar-refractivity contribution in [3.8, 4) is 0 Å². The highest BCUT2D eigenvalue weighted by atomic mass is 16.5. The van der Waals surface area contributed by atoms with Gasteiger partial charge in [0, 0.05) is 7.11 Å². The third-order valence-corrected chi connectivity index (χ3v) is 3.18. The molecule has 0 saturated carbocycles. The fourth-order valence-electron chi connectivity index (χ4n) is 1.93. The summed E-state index contributed by atoms with van der Waals surface area (Å²) in [6.07, 6.45) is 0. The highest BCUT2D eigenvalue weighted by Gasteiger charge is 2.13. The molecule has 0 fully saturated rings. The van der Waals surface area contributed by atoms with Gasteiger partial charge < -0.3 is 9.47 Å². The second-order valence-electron chi connectivity index (χ2n) is 4.58. The number of ether oxygens (including phenoxy) is 2. The molecular formula is C14H24N2O2. The molecule has 18 heavy (non-hydrogen) atoms. The zero-order valence-electron chi connectivity index (χ0n) is 11.7. The monoisotopic (exact) mass is 252 g/mol. The molecule has 0 aliphatic heterocycles. The van der Waals surface area contributed by atoms with Crippen molar-refractivity contribution >= 4 is 0 Å². The third-order valence-electron chi connectivity index (χ3n) is 3.18. The molecule has 102 valence electrons. The Balaban J connectivity index is 2.72. The summed E-state index contributed by atoms with van der Waals surface area (Å²) in [5.41, 5.74) is 7.81. The normalized spacial score (nSPS) is 12.7. The quantitative estimate of drug-likeness (QED) is 0.441. The molecule has 0 bridgehead atoms. The maximum absolute atomic E-state index is 5.62. The van der Waals surface area contributed by atoms with Gasteiger partial charge in [0.2, 0.25) is 0 Å². The van der Waals surface area contributed by atoms with Gasteiger partial charge in [0.1, 0.15) is 0 Å². The van der Waals surface area contributed by atoms with Crippen LogP contribution in [0.15, 0.2) is 12.1 Å². The molecule has 4 heteroatoms. The van der Waals surface area contributed by atoms with E-state index < -0.39 is 0 Å². The van der Waals surface area contributed by atoms with Crippen LogP contribution in [0.2, 0.25) is 0 Å². The highest BCUT2D eigenvalue weighted by molar-refractivity contribution is 5.38. The molecular weight excluding hydrogens is 228 g/mol. The van der Waals surface area contributed by atoms with E-state index in [2.05, 4.69) is 38.3 Å². The molecule has 0 aliphatic carbocycles. The summed E-state index contributed by atoms with van der Waals surface area (Å²) in [7, 11) is 1.66. The fourth-order valence-corrected chi connectivity index (χ4v) is 1.93. The number of hydrazine groups is 1. The van der Waals surface area contributed by atoms with Crippen LogP contribution in [0, 0.1) is 20.8 Å². The summed E-state index contributed by atoms with van der Waals surface area (Å²) in [6, 6.07) is 4.38. The van der Waals surface area contributed by atoms with Gasteiger partial charge in [-0.25, -0.2) is 0 Å². The van der Waals surface area contributed by atoms with Crippen LogP contribution in [0.25, 0.3) is 0 Å². The Labute approximate surface area is 109 Å². The van der Waals surface area contributed by atoms with E-state index in [1.165, 1.54) is 22.3 Å². The minimum absolute atomic E-state index is 0.0150. The molecule has 4 nitrogen and oxygen atoms in total. The lowest BCUT2D eigenvalue weighted by Crippen LogP contribution is -2.32. The standard InChI is InChI=1S/C14H24N2O2/c1-10-7-12(3)13(8-11(10)2)14(16-15)9-18-6-5-17-4/h7-8,14,16H,5-6,9,15H2,1-4H3. The molecule has 0 spiro atoms. The van der Waals surface area contributed by atoms with Crippen molar-refractivity contribution in [1.82, 2.24) is 5.43 Å². The van der Waals surface area contributed by atoms with Gasteiger partial charge in [0.25, 0.3) is 0 Å². The van der Waals surface area contributed by atoms with E-state index in [9.17, 15) is 0 Å². The van der Waals surface area contributed by atoms with Crippen molar-refractivity contribution in [2.24, 2.45) is 5.84 Å². The van der Waals surface area contributed by atoms with E-state index in [1.54, 1.807) is 7.11 Å². The SMILES string of the molecule is COCCOCC(NN)c1cc(C)c(C)cc1C. The molecule has 1 aromatic carbocycles. The summed E-state index contributed by atoms with van der Waals surface area (Å²) in [6.45, 7) is 8.05. The smallest absolute Gasteiger partial charge is 0.0701 e.